The van der Waals surface area contributed by atoms with E-state index < -0.39 is 0 Å². The predicted molar refractivity (Wildman–Crippen MR) is 73.7 cm³/mol. The minimum absolute atomic E-state index is 0.478. The van der Waals surface area contributed by atoms with Crippen LogP contribution in [0.15, 0.2) is 18.2 Å². The fraction of sp³-hybridized carbons (Fsp3) is 0.571. The molecular formula is C14H23NO4. The van der Waals surface area contributed by atoms with Gasteiger partial charge in [0.2, 0.25) is 0 Å². The molecule has 5 nitrogen and oxygen atoms in total. The molecule has 0 unspecified atom stereocenters. The fourth-order valence-corrected chi connectivity index (χ4v) is 1.52. The number of methoxy groups -OCH3 is 1. The zero-order valence-corrected chi connectivity index (χ0v) is 11.7. The van der Waals surface area contributed by atoms with Crippen LogP contribution in [0.5, 0.6) is 11.5 Å². The number of benzene rings is 1. The van der Waals surface area contributed by atoms with Crippen molar-refractivity contribution in [1.29, 1.82) is 0 Å². The van der Waals surface area contributed by atoms with Gasteiger partial charge in [-0.2, -0.15) is 0 Å². The zero-order chi connectivity index (χ0) is 13.9. The van der Waals surface area contributed by atoms with E-state index >= 15 is 0 Å². The second-order valence-electron chi connectivity index (χ2n) is 3.87. The minimum atomic E-state index is 0.478. The van der Waals surface area contributed by atoms with Crippen LogP contribution in [0.25, 0.3) is 0 Å². The Hall–Kier alpha value is -1.30. The summed E-state index contributed by atoms with van der Waals surface area (Å²) in [5, 5.41) is 0. The molecule has 0 spiro atoms. The van der Waals surface area contributed by atoms with Gasteiger partial charge in [-0.15, -0.1) is 0 Å². The standard InChI is InChI=1S/C14H23NO4/c1-3-18-14-10-12(11-15)4-5-13(14)19-9-8-17-7-6-16-2/h4-5,10H,3,6-9,11,15H2,1-2H3. The quantitative estimate of drug-likeness (QED) is 0.653. The molecule has 0 amide bonds. The Morgan fingerprint density at radius 3 is 2.47 bits per heavy atom. The molecule has 0 fully saturated rings. The number of hydrogen-bond donors (Lipinski definition) is 1. The van der Waals surface area contributed by atoms with Gasteiger partial charge in [-0.25, -0.2) is 0 Å². The maximum absolute atomic E-state index is 5.64. The number of ether oxygens (including phenoxy) is 4. The van der Waals surface area contributed by atoms with Crippen molar-refractivity contribution in [2.24, 2.45) is 5.73 Å². The Bertz CT molecular complexity index is 357. The van der Waals surface area contributed by atoms with Crippen molar-refractivity contribution in [3.05, 3.63) is 23.8 Å². The van der Waals surface area contributed by atoms with Crippen LogP contribution in [0.1, 0.15) is 12.5 Å². The lowest BCUT2D eigenvalue weighted by Crippen LogP contribution is -2.10. The Labute approximate surface area is 114 Å². The van der Waals surface area contributed by atoms with Crippen LogP contribution >= 0.6 is 0 Å². The van der Waals surface area contributed by atoms with Gasteiger partial charge in [0, 0.05) is 13.7 Å². The largest absolute Gasteiger partial charge is 0.490 e. The first-order valence-corrected chi connectivity index (χ1v) is 6.47. The van der Waals surface area contributed by atoms with Crippen molar-refractivity contribution < 1.29 is 18.9 Å². The van der Waals surface area contributed by atoms with E-state index in [0.29, 0.717) is 39.6 Å². The molecule has 0 atom stereocenters. The van der Waals surface area contributed by atoms with Crippen molar-refractivity contribution in [2.45, 2.75) is 13.5 Å². The van der Waals surface area contributed by atoms with Gasteiger partial charge < -0.3 is 24.7 Å². The molecule has 2 N–H and O–H groups in total. The molecule has 1 aromatic carbocycles. The van der Waals surface area contributed by atoms with Crippen LogP contribution in [0, 0.1) is 0 Å². The van der Waals surface area contributed by atoms with E-state index in [0.717, 1.165) is 17.1 Å². The molecule has 0 aliphatic carbocycles. The second kappa shape index (κ2) is 9.61. The molecule has 0 radical (unpaired) electrons. The fourth-order valence-electron chi connectivity index (χ4n) is 1.52. The van der Waals surface area contributed by atoms with E-state index in [1.807, 2.05) is 25.1 Å². The van der Waals surface area contributed by atoms with Gasteiger partial charge in [0.1, 0.15) is 6.61 Å². The SMILES string of the molecule is CCOc1cc(CN)ccc1OCCOCCOC. The van der Waals surface area contributed by atoms with Crippen molar-refractivity contribution in [1.82, 2.24) is 0 Å². The molecule has 5 heteroatoms. The lowest BCUT2D eigenvalue weighted by atomic mass is 10.2. The van der Waals surface area contributed by atoms with Crippen molar-refractivity contribution >= 4 is 0 Å². The third-order valence-corrected chi connectivity index (χ3v) is 2.46. The maximum Gasteiger partial charge on any atom is 0.161 e. The summed E-state index contributed by atoms with van der Waals surface area (Å²) in [4.78, 5) is 0. The average molecular weight is 269 g/mol. The highest BCUT2D eigenvalue weighted by Crippen LogP contribution is 2.28. The molecule has 1 aromatic rings. The molecule has 0 aromatic heterocycles. The van der Waals surface area contributed by atoms with Gasteiger partial charge in [-0.1, -0.05) is 6.07 Å². The van der Waals surface area contributed by atoms with E-state index in [2.05, 4.69) is 0 Å². The molecule has 19 heavy (non-hydrogen) atoms. The van der Waals surface area contributed by atoms with Crippen LogP contribution in [0.2, 0.25) is 0 Å². The monoisotopic (exact) mass is 269 g/mol. The summed E-state index contributed by atoms with van der Waals surface area (Å²) in [6, 6.07) is 5.72. The van der Waals surface area contributed by atoms with Gasteiger partial charge in [0.15, 0.2) is 11.5 Å². The molecule has 0 saturated heterocycles. The Morgan fingerprint density at radius 1 is 1.00 bits per heavy atom. The summed E-state index contributed by atoms with van der Waals surface area (Å²) < 4.78 is 21.4. The topological polar surface area (TPSA) is 62.9 Å². The van der Waals surface area contributed by atoms with Gasteiger partial charge in [-0.05, 0) is 24.6 Å². The highest BCUT2D eigenvalue weighted by Gasteiger charge is 2.05. The smallest absolute Gasteiger partial charge is 0.161 e. The lowest BCUT2D eigenvalue weighted by molar-refractivity contribution is 0.0539. The summed E-state index contributed by atoms with van der Waals surface area (Å²) in [6.45, 7) is 5.18. The first-order valence-electron chi connectivity index (χ1n) is 6.47. The summed E-state index contributed by atoms with van der Waals surface area (Å²) in [5.74, 6) is 1.44. The summed E-state index contributed by atoms with van der Waals surface area (Å²) in [5.41, 5.74) is 6.63. The second-order valence-corrected chi connectivity index (χ2v) is 3.87. The predicted octanol–water partition coefficient (Wildman–Crippen LogP) is 1.59. The maximum atomic E-state index is 5.64. The minimum Gasteiger partial charge on any atom is -0.490 e. The highest BCUT2D eigenvalue weighted by molar-refractivity contribution is 5.43. The number of nitrogens with two attached hydrogens (primary N) is 1. The van der Waals surface area contributed by atoms with Crippen LogP contribution in [0.4, 0.5) is 0 Å². The molecule has 0 saturated carbocycles. The molecule has 0 aliphatic rings. The van der Waals surface area contributed by atoms with Gasteiger partial charge in [0.25, 0.3) is 0 Å². The van der Waals surface area contributed by atoms with E-state index in [9.17, 15) is 0 Å². The van der Waals surface area contributed by atoms with E-state index in [1.165, 1.54) is 0 Å². The Morgan fingerprint density at radius 2 is 1.79 bits per heavy atom. The molecular weight excluding hydrogens is 246 g/mol. The summed E-state index contributed by atoms with van der Waals surface area (Å²) in [6.07, 6.45) is 0. The number of hydrogen-bond acceptors (Lipinski definition) is 5. The normalized spacial score (nSPS) is 10.5. The molecule has 0 aliphatic heterocycles. The van der Waals surface area contributed by atoms with Gasteiger partial charge in [0.05, 0.1) is 26.4 Å². The van der Waals surface area contributed by atoms with Crippen LogP contribution < -0.4 is 15.2 Å². The van der Waals surface area contributed by atoms with Crippen molar-refractivity contribution in [3.8, 4) is 11.5 Å². The zero-order valence-electron chi connectivity index (χ0n) is 11.7. The van der Waals surface area contributed by atoms with Crippen LogP contribution in [-0.4, -0.2) is 40.1 Å². The first-order chi connectivity index (χ1) is 9.31. The molecule has 0 bridgehead atoms. The van der Waals surface area contributed by atoms with E-state index in [1.54, 1.807) is 7.11 Å². The third kappa shape index (κ3) is 5.92. The average Bonchev–Trinajstić information content (AvgIpc) is 2.44. The van der Waals surface area contributed by atoms with Gasteiger partial charge in [-0.3, -0.25) is 0 Å². The highest BCUT2D eigenvalue weighted by atomic mass is 16.5. The Balaban J connectivity index is 2.43. The Kier molecular flexibility index (Phi) is 7.97. The van der Waals surface area contributed by atoms with E-state index in [4.69, 9.17) is 24.7 Å². The van der Waals surface area contributed by atoms with Crippen LogP contribution in [0.3, 0.4) is 0 Å². The van der Waals surface area contributed by atoms with Crippen molar-refractivity contribution in [2.75, 3.05) is 40.1 Å². The molecule has 1 rings (SSSR count). The molecule has 0 heterocycles. The van der Waals surface area contributed by atoms with Crippen molar-refractivity contribution in [3.63, 3.8) is 0 Å². The first kappa shape index (κ1) is 15.8. The number of rotatable bonds is 10. The van der Waals surface area contributed by atoms with Gasteiger partial charge >= 0.3 is 0 Å². The third-order valence-electron chi connectivity index (χ3n) is 2.46. The lowest BCUT2D eigenvalue weighted by Gasteiger charge is -2.13. The summed E-state index contributed by atoms with van der Waals surface area (Å²) in [7, 11) is 1.65. The van der Waals surface area contributed by atoms with E-state index in [-0.39, 0.29) is 0 Å². The van der Waals surface area contributed by atoms with Crippen LogP contribution in [-0.2, 0) is 16.0 Å². The molecule has 108 valence electrons. The summed E-state index contributed by atoms with van der Waals surface area (Å²) >= 11 is 0.